The minimum Gasteiger partial charge on any atom is -0.493 e. The van der Waals surface area contributed by atoms with Crippen LogP contribution in [0.2, 0.25) is 0 Å². The summed E-state index contributed by atoms with van der Waals surface area (Å²) >= 11 is 0. The van der Waals surface area contributed by atoms with Crippen LogP contribution in [0.15, 0.2) is 18.2 Å². The molecule has 1 aromatic rings. The quantitative estimate of drug-likeness (QED) is 0.763. The number of methoxy groups -OCH3 is 2. The summed E-state index contributed by atoms with van der Waals surface area (Å²) in [6, 6.07) is 4.96. The summed E-state index contributed by atoms with van der Waals surface area (Å²) in [5, 5.41) is 0. The Morgan fingerprint density at radius 1 is 1.33 bits per heavy atom. The molecule has 0 bridgehead atoms. The first kappa shape index (κ1) is 12.7. The zero-order valence-electron chi connectivity index (χ0n) is 10.5. The van der Waals surface area contributed by atoms with Crippen molar-refractivity contribution >= 4 is 5.97 Å². The van der Waals surface area contributed by atoms with Crippen molar-refractivity contribution < 1.29 is 23.7 Å². The van der Waals surface area contributed by atoms with Crippen LogP contribution >= 0.6 is 0 Å². The maximum Gasteiger partial charge on any atom is 0.337 e. The Hall–Kier alpha value is -1.75. The third-order valence-electron chi connectivity index (χ3n) is 2.77. The summed E-state index contributed by atoms with van der Waals surface area (Å²) in [6.45, 7) is 1.26. The summed E-state index contributed by atoms with van der Waals surface area (Å²) < 4.78 is 20.9. The molecule has 0 radical (unpaired) electrons. The number of ether oxygens (including phenoxy) is 4. The van der Waals surface area contributed by atoms with E-state index in [1.807, 2.05) is 0 Å². The average molecular weight is 252 g/mol. The van der Waals surface area contributed by atoms with Gasteiger partial charge in [0.05, 0.1) is 33.0 Å². The molecule has 1 aromatic carbocycles. The summed E-state index contributed by atoms with van der Waals surface area (Å²) in [6.07, 6.45) is 0.845. The first-order valence-corrected chi connectivity index (χ1v) is 5.75. The lowest BCUT2D eigenvalue weighted by atomic mass is 10.2. The van der Waals surface area contributed by atoms with Gasteiger partial charge < -0.3 is 18.9 Å². The molecule has 0 N–H and O–H groups in total. The number of carbonyl (C=O) groups is 1. The third kappa shape index (κ3) is 2.73. The number of benzene rings is 1. The van der Waals surface area contributed by atoms with E-state index in [-0.39, 0.29) is 6.10 Å². The van der Waals surface area contributed by atoms with Crippen molar-refractivity contribution in [2.45, 2.75) is 12.5 Å². The fraction of sp³-hybridized carbons (Fsp3) is 0.462. The summed E-state index contributed by atoms with van der Waals surface area (Å²) in [4.78, 5) is 11.5. The molecule has 0 aliphatic carbocycles. The molecule has 1 aliphatic heterocycles. The van der Waals surface area contributed by atoms with Gasteiger partial charge in [0, 0.05) is 6.42 Å². The lowest BCUT2D eigenvalue weighted by Crippen LogP contribution is -2.16. The minimum atomic E-state index is -0.398. The zero-order chi connectivity index (χ0) is 13.0. The van der Waals surface area contributed by atoms with Crippen LogP contribution in [0.1, 0.15) is 16.8 Å². The molecule has 1 fully saturated rings. The van der Waals surface area contributed by atoms with Gasteiger partial charge in [-0.25, -0.2) is 4.79 Å². The van der Waals surface area contributed by atoms with Gasteiger partial charge in [0.1, 0.15) is 6.10 Å². The lowest BCUT2D eigenvalue weighted by Gasteiger charge is -2.15. The average Bonchev–Trinajstić information content (AvgIpc) is 2.90. The topological polar surface area (TPSA) is 54.0 Å². The Morgan fingerprint density at radius 3 is 2.78 bits per heavy atom. The van der Waals surface area contributed by atoms with Gasteiger partial charge in [-0.1, -0.05) is 0 Å². The van der Waals surface area contributed by atoms with Crippen molar-refractivity contribution in [3.05, 3.63) is 23.8 Å². The van der Waals surface area contributed by atoms with Crippen molar-refractivity contribution in [2.75, 3.05) is 27.4 Å². The molecular formula is C13H16O5. The van der Waals surface area contributed by atoms with E-state index in [4.69, 9.17) is 14.2 Å². The molecule has 0 spiro atoms. The van der Waals surface area contributed by atoms with E-state index in [9.17, 15) is 4.79 Å². The van der Waals surface area contributed by atoms with Crippen molar-refractivity contribution in [3.8, 4) is 11.5 Å². The van der Waals surface area contributed by atoms with E-state index >= 15 is 0 Å². The summed E-state index contributed by atoms with van der Waals surface area (Å²) in [7, 11) is 2.91. The lowest BCUT2D eigenvalue weighted by molar-refractivity contribution is 0.0599. The Balaban J connectivity index is 2.21. The molecule has 5 heteroatoms. The molecule has 98 valence electrons. The van der Waals surface area contributed by atoms with Gasteiger partial charge in [-0.3, -0.25) is 0 Å². The van der Waals surface area contributed by atoms with Crippen molar-refractivity contribution in [1.29, 1.82) is 0 Å². The van der Waals surface area contributed by atoms with Crippen LogP contribution in [0.3, 0.4) is 0 Å². The van der Waals surface area contributed by atoms with Crippen LogP contribution in [-0.4, -0.2) is 39.5 Å². The molecule has 18 heavy (non-hydrogen) atoms. The molecular weight excluding hydrogens is 236 g/mol. The SMILES string of the molecule is COC(=O)c1ccc(OC)c(OC2CCOC2)c1. The number of esters is 1. The maximum atomic E-state index is 11.5. The normalized spacial score (nSPS) is 18.4. The molecule has 1 aliphatic rings. The summed E-state index contributed by atoms with van der Waals surface area (Å²) in [5.74, 6) is 0.732. The van der Waals surface area contributed by atoms with E-state index in [0.717, 1.165) is 6.42 Å². The highest BCUT2D eigenvalue weighted by atomic mass is 16.6. The first-order chi connectivity index (χ1) is 8.74. The van der Waals surface area contributed by atoms with Crippen molar-refractivity contribution in [1.82, 2.24) is 0 Å². The second-order valence-electron chi connectivity index (χ2n) is 3.96. The monoisotopic (exact) mass is 252 g/mol. The van der Waals surface area contributed by atoms with E-state index in [1.54, 1.807) is 25.3 Å². The molecule has 1 heterocycles. The highest BCUT2D eigenvalue weighted by Crippen LogP contribution is 2.30. The maximum absolute atomic E-state index is 11.5. The standard InChI is InChI=1S/C13H16O5/c1-15-11-4-3-9(13(14)16-2)7-12(11)18-10-5-6-17-8-10/h3-4,7,10H,5-6,8H2,1-2H3. The third-order valence-corrected chi connectivity index (χ3v) is 2.77. The second kappa shape index (κ2) is 5.73. The van der Waals surface area contributed by atoms with Crippen LogP contribution in [0.4, 0.5) is 0 Å². The smallest absolute Gasteiger partial charge is 0.337 e. The Morgan fingerprint density at radius 2 is 2.17 bits per heavy atom. The fourth-order valence-electron chi connectivity index (χ4n) is 1.80. The Labute approximate surface area is 106 Å². The molecule has 0 saturated carbocycles. The van der Waals surface area contributed by atoms with Crippen molar-refractivity contribution in [2.24, 2.45) is 0 Å². The Bertz CT molecular complexity index is 423. The molecule has 1 saturated heterocycles. The molecule has 1 atom stereocenters. The van der Waals surface area contributed by atoms with E-state index in [0.29, 0.717) is 30.3 Å². The molecule has 1 unspecified atom stereocenters. The van der Waals surface area contributed by atoms with Crippen molar-refractivity contribution in [3.63, 3.8) is 0 Å². The fourth-order valence-corrected chi connectivity index (χ4v) is 1.80. The van der Waals surface area contributed by atoms with Crippen LogP contribution in [0.25, 0.3) is 0 Å². The van der Waals surface area contributed by atoms with E-state index in [2.05, 4.69) is 4.74 Å². The molecule has 0 amide bonds. The van der Waals surface area contributed by atoms with Gasteiger partial charge in [0.15, 0.2) is 11.5 Å². The molecule has 0 aromatic heterocycles. The predicted octanol–water partition coefficient (Wildman–Crippen LogP) is 1.65. The van der Waals surface area contributed by atoms with Gasteiger partial charge in [-0.15, -0.1) is 0 Å². The summed E-state index contributed by atoms with van der Waals surface area (Å²) in [5.41, 5.74) is 0.437. The second-order valence-corrected chi connectivity index (χ2v) is 3.96. The Kier molecular flexibility index (Phi) is 4.04. The van der Waals surface area contributed by atoms with Crippen LogP contribution in [0, 0.1) is 0 Å². The van der Waals surface area contributed by atoms with Gasteiger partial charge >= 0.3 is 5.97 Å². The predicted molar refractivity (Wildman–Crippen MR) is 64.2 cm³/mol. The highest BCUT2D eigenvalue weighted by Gasteiger charge is 2.20. The van der Waals surface area contributed by atoms with Crippen LogP contribution in [0.5, 0.6) is 11.5 Å². The zero-order valence-corrected chi connectivity index (χ0v) is 10.5. The molecule has 5 nitrogen and oxygen atoms in total. The number of rotatable bonds is 4. The van der Waals surface area contributed by atoms with Crippen LogP contribution in [-0.2, 0) is 9.47 Å². The van der Waals surface area contributed by atoms with Gasteiger partial charge in [-0.05, 0) is 18.2 Å². The number of carbonyl (C=O) groups excluding carboxylic acids is 1. The number of hydrogen-bond donors (Lipinski definition) is 0. The van der Waals surface area contributed by atoms with Gasteiger partial charge in [0.2, 0.25) is 0 Å². The minimum absolute atomic E-state index is 0.00629. The van der Waals surface area contributed by atoms with E-state index < -0.39 is 5.97 Å². The highest BCUT2D eigenvalue weighted by molar-refractivity contribution is 5.90. The van der Waals surface area contributed by atoms with Crippen LogP contribution < -0.4 is 9.47 Å². The van der Waals surface area contributed by atoms with E-state index in [1.165, 1.54) is 7.11 Å². The number of hydrogen-bond acceptors (Lipinski definition) is 5. The van der Waals surface area contributed by atoms with Gasteiger partial charge in [0.25, 0.3) is 0 Å². The largest absolute Gasteiger partial charge is 0.493 e. The first-order valence-electron chi connectivity index (χ1n) is 5.75. The molecule has 2 rings (SSSR count). The van der Waals surface area contributed by atoms with Gasteiger partial charge in [-0.2, -0.15) is 0 Å².